The van der Waals surface area contributed by atoms with Gasteiger partial charge >= 0.3 is 6.03 Å². The van der Waals surface area contributed by atoms with Gasteiger partial charge in [-0.25, -0.2) is 14.8 Å². The Kier molecular flexibility index (Phi) is 4.94. The normalized spacial score (nSPS) is 16.4. The zero-order valence-corrected chi connectivity index (χ0v) is 15.6. The minimum atomic E-state index is -0.193. The number of nitrogens with zero attached hydrogens (tertiary/aromatic N) is 5. The number of aromatic nitrogens is 3. The summed E-state index contributed by atoms with van der Waals surface area (Å²) in [6.07, 6.45) is 1.81. The van der Waals surface area contributed by atoms with E-state index >= 15 is 0 Å². The van der Waals surface area contributed by atoms with E-state index in [9.17, 15) is 4.79 Å². The van der Waals surface area contributed by atoms with E-state index in [1.165, 1.54) is 0 Å². The molecule has 2 amide bonds. The number of piperazine rings is 1. The number of rotatable bonds is 3. The summed E-state index contributed by atoms with van der Waals surface area (Å²) in [7, 11) is 0. The number of aryl methyl sites for hydroxylation is 1. The number of hydrogen-bond donors (Lipinski definition) is 1. The molecule has 0 bridgehead atoms. The fourth-order valence-corrected chi connectivity index (χ4v) is 3.16. The van der Waals surface area contributed by atoms with Gasteiger partial charge in [-0.05, 0) is 39.8 Å². The molecule has 1 N–H and O–H groups in total. The van der Waals surface area contributed by atoms with Crippen LogP contribution in [0.25, 0.3) is 11.2 Å². The zero-order chi connectivity index (χ0) is 18.0. The van der Waals surface area contributed by atoms with Crippen LogP contribution in [0.1, 0.15) is 26.6 Å². The Morgan fingerprint density at radius 1 is 1.20 bits per heavy atom. The molecule has 2 aromatic heterocycles. The highest BCUT2D eigenvalue weighted by atomic mass is 16.2. The molecule has 1 aliphatic heterocycles. The number of hydrogen-bond acceptors (Lipinski definition) is 4. The fourth-order valence-electron chi connectivity index (χ4n) is 3.16. The summed E-state index contributed by atoms with van der Waals surface area (Å²) in [4.78, 5) is 25.6. The first-order valence-electron chi connectivity index (χ1n) is 8.91. The Bertz CT molecular complexity index is 740. The molecule has 7 nitrogen and oxygen atoms in total. The summed E-state index contributed by atoms with van der Waals surface area (Å²) in [5, 5.41) is 3.03. The Hall–Kier alpha value is -2.15. The lowest BCUT2D eigenvalue weighted by molar-refractivity contribution is 0.132. The maximum absolute atomic E-state index is 12.2. The maximum Gasteiger partial charge on any atom is 0.317 e. The first kappa shape index (κ1) is 17.7. The SMILES string of the molecule is Cc1nc2cccnc2n1CCN1CCN(C(=O)NC(C)(C)C)CC1. The summed E-state index contributed by atoms with van der Waals surface area (Å²) < 4.78 is 2.17. The molecule has 1 fully saturated rings. The van der Waals surface area contributed by atoms with Gasteiger partial charge in [-0.2, -0.15) is 0 Å². The van der Waals surface area contributed by atoms with Crippen LogP contribution < -0.4 is 5.32 Å². The smallest absolute Gasteiger partial charge is 0.317 e. The Morgan fingerprint density at radius 2 is 1.92 bits per heavy atom. The second-order valence-electron chi connectivity index (χ2n) is 7.67. The lowest BCUT2D eigenvalue weighted by atomic mass is 10.1. The molecule has 25 heavy (non-hydrogen) atoms. The van der Waals surface area contributed by atoms with Gasteiger partial charge in [0.25, 0.3) is 0 Å². The summed E-state index contributed by atoms with van der Waals surface area (Å²) in [5.74, 6) is 0.997. The van der Waals surface area contributed by atoms with Gasteiger partial charge in [-0.1, -0.05) is 0 Å². The van der Waals surface area contributed by atoms with Crippen molar-refractivity contribution in [1.29, 1.82) is 0 Å². The molecule has 0 radical (unpaired) electrons. The van der Waals surface area contributed by atoms with Gasteiger partial charge in [0, 0.05) is 51.0 Å². The van der Waals surface area contributed by atoms with Gasteiger partial charge in [0.15, 0.2) is 5.65 Å². The summed E-state index contributed by atoms with van der Waals surface area (Å²) >= 11 is 0. The van der Waals surface area contributed by atoms with Crippen LogP contribution in [0.2, 0.25) is 0 Å². The van der Waals surface area contributed by atoms with Crippen molar-refractivity contribution in [2.45, 2.75) is 39.8 Å². The number of urea groups is 1. The van der Waals surface area contributed by atoms with Crippen LogP contribution >= 0.6 is 0 Å². The largest absolute Gasteiger partial charge is 0.333 e. The van der Waals surface area contributed by atoms with E-state index in [2.05, 4.69) is 24.8 Å². The van der Waals surface area contributed by atoms with Gasteiger partial charge in [0.1, 0.15) is 11.3 Å². The molecule has 1 saturated heterocycles. The third-order valence-corrected chi connectivity index (χ3v) is 4.48. The number of nitrogens with one attached hydrogen (secondary N) is 1. The molecule has 0 spiro atoms. The van der Waals surface area contributed by atoms with Crippen LogP contribution in [-0.4, -0.2) is 68.6 Å². The van der Waals surface area contributed by atoms with Crippen LogP contribution in [0.4, 0.5) is 4.79 Å². The standard InChI is InChI=1S/C18H28N6O/c1-14-20-15-6-5-7-19-16(15)24(14)13-10-22-8-11-23(12-9-22)17(25)21-18(2,3)4/h5-7H,8-13H2,1-4H3,(H,21,25). The summed E-state index contributed by atoms with van der Waals surface area (Å²) in [6.45, 7) is 13.2. The summed E-state index contributed by atoms with van der Waals surface area (Å²) in [5.41, 5.74) is 1.70. The third-order valence-electron chi connectivity index (χ3n) is 4.48. The molecule has 3 rings (SSSR count). The molecule has 3 heterocycles. The molecular formula is C18H28N6O. The van der Waals surface area contributed by atoms with Crippen molar-refractivity contribution >= 4 is 17.2 Å². The number of imidazole rings is 1. The molecule has 7 heteroatoms. The van der Waals surface area contributed by atoms with Crippen molar-refractivity contribution in [2.24, 2.45) is 0 Å². The van der Waals surface area contributed by atoms with E-state index in [0.717, 1.165) is 56.3 Å². The Labute approximate surface area is 149 Å². The second kappa shape index (κ2) is 7.00. The Balaban J connectivity index is 1.53. The quantitative estimate of drug-likeness (QED) is 0.923. The van der Waals surface area contributed by atoms with Gasteiger partial charge in [0.05, 0.1) is 0 Å². The minimum Gasteiger partial charge on any atom is -0.333 e. The van der Waals surface area contributed by atoms with E-state index in [4.69, 9.17) is 0 Å². The number of carbonyl (C=O) groups excluding carboxylic acids is 1. The van der Waals surface area contributed by atoms with E-state index < -0.39 is 0 Å². The molecule has 0 unspecified atom stereocenters. The van der Waals surface area contributed by atoms with Crippen molar-refractivity contribution in [1.82, 2.24) is 29.7 Å². The molecule has 2 aromatic rings. The molecular weight excluding hydrogens is 316 g/mol. The highest BCUT2D eigenvalue weighted by Crippen LogP contribution is 2.13. The predicted molar refractivity (Wildman–Crippen MR) is 98.6 cm³/mol. The molecule has 1 aliphatic rings. The van der Waals surface area contributed by atoms with Crippen molar-refractivity contribution in [3.63, 3.8) is 0 Å². The number of carbonyl (C=O) groups is 1. The molecule has 0 atom stereocenters. The number of amides is 2. The lowest BCUT2D eigenvalue weighted by Gasteiger charge is -2.36. The van der Waals surface area contributed by atoms with Crippen LogP contribution in [0, 0.1) is 6.92 Å². The molecule has 0 aliphatic carbocycles. The van der Waals surface area contributed by atoms with Gasteiger partial charge in [0.2, 0.25) is 0 Å². The predicted octanol–water partition coefficient (Wildman–Crippen LogP) is 1.87. The minimum absolute atomic E-state index is 0.0350. The molecule has 136 valence electrons. The van der Waals surface area contributed by atoms with Crippen molar-refractivity contribution < 1.29 is 4.79 Å². The van der Waals surface area contributed by atoms with Gasteiger partial charge in [-0.15, -0.1) is 0 Å². The van der Waals surface area contributed by atoms with Crippen LogP contribution in [0.15, 0.2) is 18.3 Å². The average Bonchev–Trinajstić information content (AvgIpc) is 2.87. The first-order chi connectivity index (χ1) is 11.8. The van der Waals surface area contributed by atoms with Crippen molar-refractivity contribution in [2.75, 3.05) is 32.7 Å². The van der Waals surface area contributed by atoms with E-state index in [1.54, 1.807) is 0 Å². The first-order valence-corrected chi connectivity index (χ1v) is 8.91. The van der Waals surface area contributed by atoms with Crippen LogP contribution in [0.5, 0.6) is 0 Å². The highest BCUT2D eigenvalue weighted by Gasteiger charge is 2.24. The van der Waals surface area contributed by atoms with E-state index in [1.807, 2.05) is 50.9 Å². The maximum atomic E-state index is 12.2. The lowest BCUT2D eigenvalue weighted by Crippen LogP contribution is -2.55. The van der Waals surface area contributed by atoms with E-state index in [-0.39, 0.29) is 11.6 Å². The molecule has 0 saturated carbocycles. The van der Waals surface area contributed by atoms with Gasteiger partial charge < -0.3 is 14.8 Å². The Morgan fingerprint density at radius 3 is 2.60 bits per heavy atom. The van der Waals surface area contributed by atoms with Crippen LogP contribution in [0.3, 0.4) is 0 Å². The molecule has 0 aromatic carbocycles. The summed E-state index contributed by atoms with van der Waals surface area (Å²) in [6, 6.07) is 3.95. The number of fused-ring (bicyclic) bond motifs is 1. The monoisotopic (exact) mass is 344 g/mol. The van der Waals surface area contributed by atoms with Crippen molar-refractivity contribution in [3.05, 3.63) is 24.2 Å². The van der Waals surface area contributed by atoms with Crippen molar-refractivity contribution in [3.8, 4) is 0 Å². The third kappa shape index (κ3) is 4.28. The topological polar surface area (TPSA) is 66.3 Å². The zero-order valence-electron chi connectivity index (χ0n) is 15.6. The fraction of sp³-hybridized carbons (Fsp3) is 0.611. The average molecular weight is 344 g/mol. The highest BCUT2D eigenvalue weighted by molar-refractivity contribution is 5.75. The number of pyridine rings is 1. The second-order valence-corrected chi connectivity index (χ2v) is 7.67. The van der Waals surface area contributed by atoms with Gasteiger partial charge in [-0.3, -0.25) is 4.90 Å². The van der Waals surface area contributed by atoms with Crippen LogP contribution in [-0.2, 0) is 6.54 Å². The van der Waals surface area contributed by atoms with E-state index in [0.29, 0.717) is 0 Å².